The van der Waals surface area contributed by atoms with Crippen LogP contribution in [-0.2, 0) is 19.5 Å². The average molecular weight is 622 g/mol. The first-order valence-corrected chi connectivity index (χ1v) is 16.2. The second-order valence-corrected chi connectivity index (χ2v) is 12.1. The molecule has 2 heterocycles. The molecule has 4 aromatic rings. The minimum Gasteiger partial charge on any atom is -0.494 e. The van der Waals surface area contributed by atoms with Crippen LogP contribution in [0.25, 0.3) is 10.9 Å². The predicted octanol–water partition coefficient (Wildman–Crippen LogP) is 7.31. The van der Waals surface area contributed by atoms with Gasteiger partial charge in [-0.15, -0.1) is 0 Å². The van der Waals surface area contributed by atoms with Crippen LogP contribution in [-0.4, -0.2) is 66.1 Å². The number of nitrogens with one attached hydrogen (secondary N) is 1. The van der Waals surface area contributed by atoms with Crippen LogP contribution in [0.15, 0.2) is 72.9 Å². The van der Waals surface area contributed by atoms with Crippen molar-refractivity contribution in [3.8, 4) is 5.75 Å². The van der Waals surface area contributed by atoms with E-state index < -0.39 is 0 Å². The number of fused-ring (bicyclic) bond motifs is 1. The van der Waals surface area contributed by atoms with Crippen molar-refractivity contribution in [2.24, 2.45) is 0 Å². The fourth-order valence-electron chi connectivity index (χ4n) is 5.94. The number of carbonyl (C=O) groups excluding carboxylic acids is 1. The number of nitrogens with zero attached hydrogens (tertiary/aromatic N) is 3. The molecule has 228 valence electrons. The number of hydrogen-bond donors (Lipinski definition) is 1. The molecule has 1 saturated heterocycles. The minimum atomic E-state index is -0.0788. The molecule has 1 amide bonds. The van der Waals surface area contributed by atoms with E-state index in [0.717, 1.165) is 88.4 Å². The predicted molar refractivity (Wildman–Crippen MR) is 178 cm³/mol. The molecule has 0 saturated carbocycles. The first-order chi connectivity index (χ1) is 21.0. The summed E-state index contributed by atoms with van der Waals surface area (Å²) in [6, 6.07) is 21.8. The number of benzene rings is 3. The topological polar surface area (TPSA) is 49.7 Å². The highest BCUT2D eigenvalue weighted by atomic mass is 35.5. The van der Waals surface area contributed by atoms with Gasteiger partial charge in [0.1, 0.15) is 5.75 Å². The molecular weight excluding hydrogens is 579 g/mol. The number of aromatic nitrogens is 1. The van der Waals surface area contributed by atoms with Crippen molar-refractivity contribution < 1.29 is 9.53 Å². The zero-order chi connectivity index (χ0) is 30.0. The largest absolute Gasteiger partial charge is 0.494 e. The van der Waals surface area contributed by atoms with E-state index in [1.807, 2.05) is 42.6 Å². The minimum absolute atomic E-state index is 0.0788. The van der Waals surface area contributed by atoms with Crippen LogP contribution in [0.3, 0.4) is 0 Å². The number of halogens is 2. The molecule has 0 aliphatic carbocycles. The zero-order valence-corrected chi connectivity index (χ0v) is 26.5. The zero-order valence-electron chi connectivity index (χ0n) is 25.0. The summed E-state index contributed by atoms with van der Waals surface area (Å²) in [4.78, 5) is 18.5. The van der Waals surface area contributed by atoms with Crippen molar-refractivity contribution in [3.63, 3.8) is 0 Å². The van der Waals surface area contributed by atoms with Gasteiger partial charge in [-0.3, -0.25) is 4.79 Å². The number of para-hydroxylation sites is 2. The number of carbonyl (C=O) groups is 1. The van der Waals surface area contributed by atoms with Gasteiger partial charge in [0.05, 0.1) is 27.7 Å². The standard InChI is InChI=1S/C35H42Cl2N4O2/c1-2-28-10-6-13-30-31(35(42)38-25-27-14-15-32(36)33(37)24-27)26-41(34(28)30)20-8-18-39-16-7-17-40(22-21-39)19-9-23-43-29-11-4-3-5-12-29/h3-6,10-15,24,26H,2,7-9,16-23,25H2,1H3,(H,38,42). The maximum Gasteiger partial charge on any atom is 0.253 e. The maximum atomic E-state index is 13.3. The van der Waals surface area contributed by atoms with Crippen LogP contribution < -0.4 is 10.1 Å². The van der Waals surface area contributed by atoms with Crippen molar-refractivity contribution >= 4 is 40.0 Å². The van der Waals surface area contributed by atoms with Crippen molar-refractivity contribution in [2.45, 2.75) is 45.7 Å². The second-order valence-electron chi connectivity index (χ2n) is 11.2. The number of aryl methyl sites for hydroxylation is 2. The van der Waals surface area contributed by atoms with Crippen LogP contribution in [0.2, 0.25) is 10.0 Å². The van der Waals surface area contributed by atoms with Crippen molar-refractivity contribution in [3.05, 3.63) is 99.7 Å². The van der Waals surface area contributed by atoms with Crippen LogP contribution in [0.1, 0.15) is 47.7 Å². The van der Waals surface area contributed by atoms with Crippen LogP contribution >= 0.6 is 23.2 Å². The highest BCUT2D eigenvalue weighted by Crippen LogP contribution is 2.27. The number of rotatable bonds is 13. The fraction of sp³-hybridized carbons (Fsp3) is 0.400. The maximum absolute atomic E-state index is 13.3. The summed E-state index contributed by atoms with van der Waals surface area (Å²) >= 11 is 12.2. The molecule has 6 nitrogen and oxygen atoms in total. The Kier molecular flexibility index (Phi) is 11.4. The molecule has 3 aromatic carbocycles. The third kappa shape index (κ3) is 8.54. The lowest BCUT2D eigenvalue weighted by atomic mass is 10.1. The molecule has 0 atom stereocenters. The van der Waals surface area contributed by atoms with Gasteiger partial charge in [0, 0.05) is 44.3 Å². The van der Waals surface area contributed by atoms with Crippen molar-refractivity contribution in [2.75, 3.05) is 45.9 Å². The van der Waals surface area contributed by atoms with Crippen molar-refractivity contribution in [1.29, 1.82) is 0 Å². The second kappa shape index (κ2) is 15.6. The van der Waals surface area contributed by atoms with E-state index in [4.69, 9.17) is 27.9 Å². The highest BCUT2D eigenvalue weighted by Gasteiger charge is 2.18. The summed E-state index contributed by atoms with van der Waals surface area (Å²) in [6.07, 6.45) is 6.23. The first kappa shape index (κ1) is 31.4. The van der Waals surface area contributed by atoms with Gasteiger partial charge < -0.3 is 24.4 Å². The van der Waals surface area contributed by atoms with E-state index in [9.17, 15) is 4.79 Å². The summed E-state index contributed by atoms with van der Waals surface area (Å²) in [5.41, 5.74) is 4.07. The molecule has 0 unspecified atom stereocenters. The van der Waals surface area contributed by atoms with Gasteiger partial charge in [-0.2, -0.15) is 0 Å². The van der Waals surface area contributed by atoms with Gasteiger partial charge in [-0.1, -0.05) is 72.6 Å². The third-order valence-electron chi connectivity index (χ3n) is 8.23. The quantitative estimate of drug-likeness (QED) is 0.159. The average Bonchev–Trinajstić information content (AvgIpc) is 3.25. The molecular formula is C35H42Cl2N4O2. The molecule has 1 fully saturated rings. The number of amides is 1. The lowest BCUT2D eigenvalue weighted by Gasteiger charge is -2.22. The Labute approximate surface area is 265 Å². The molecule has 1 aliphatic rings. The van der Waals surface area contributed by atoms with Gasteiger partial charge in [-0.05, 0) is 80.7 Å². The SMILES string of the molecule is CCc1cccc2c(C(=O)NCc3ccc(Cl)c(Cl)c3)cn(CCCN3CCCN(CCCOc4ccccc4)CC3)c12. The Bertz CT molecular complexity index is 1490. The summed E-state index contributed by atoms with van der Waals surface area (Å²) < 4.78 is 8.17. The van der Waals surface area contributed by atoms with E-state index >= 15 is 0 Å². The van der Waals surface area contributed by atoms with E-state index in [0.29, 0.717) is 22.2 Å². The summed E-state index contributed by atoms with van der Waals surface area (Å²) in [5.74, 6) is 0.868. The number of hydrogen-bond acceptors (Lipinski definition) is 4. The summed E-state index contributed by atoms with van der Waals surface area (Å²) in [7, 11) is 0. The Morgan fingerprint density at radius 3 is 2.37 bits per heavy atom. The monoisotopic (exact) mass is 620 g/mol. The number of ether oxygens (including phenoxy) is 1. The van der Waals surface area contributed by atoms with Gasteiger partial charge >= 0.3 is 0 Å². The van der Waals surface area contributed by atoms with Crippen LogP contribution in [0.4, 0.5) is 0 Å². The molecule has 1 aliphatic heterocycles. The smallest absolute Gasteiger partial charge is 0.253 e. The molecule has 1 N–H and O–H groups in total. The van der Waals surface area contributed by atoms with E-state index in [2.05, 4.69) is 44.8 Å². The van der Waals surface area contributed by atoms with Gasteiger partial charge in [0.25, 0.3) is 5.91 Å². The van der Waals surface area contributed by atoms with E-state index in [1.165, 1.54) is 17.5 Å². The van der Waals surface area contributed by atoms with E-state index in [1.54, 1.807) is 12.1 Å². The summed E-state index contributed by atoms with van der Waals surface area (Å²) in [6.45, 7) is 10.8. The highest BCUT2D eigenvalue weighted by molar-refractivity contribution is 6.42. The Hall–Kier alpha value is -3.03. The fourth-order valence-corrected chi connectivity index (χ4v) is 6.26. The van der Waals surface area contributed by atoms with Crippen molar-refractivity contribution in [1.82, 2.24) is 19.7 Å². The molecule has 8 heteroatoms. The Balaban J connectivity index is 1.13. The lowest BCUT2D eigenvalue weighted by Crippen LogP contribution is -2.32. The van der Waals surface area contributed by atoms with E-state index in [-0.39, 0.29) is 5.91 Å². The lowest BCUT2D eigenvalue weighted by molar-refractivity contribution is 0.0952. The van der Waals surface area contributed by atoms with Gasteiger partial charge in [-0.25, -0.2) is 0 Å². The van der Waals surface area contributed by atoms with Gasteiger partial charge in [0.2, 0.25) is 0 Å². The van der Waals surface area contributed by atoms with Gasteiger partial charge in [0.15, 0.2) is 0 Å². The molecule has 0 bridgehead atoms. The Morgan fingerprint density at radius 1 is 0.860 bits per heavy atom. The third-order valence-corrected chi connectivity index (χ3v) is 8.97. The molecule has 1 aromatic heterocycles. The Morgan fingerprint density at radius 2 is 1.63 bits per heavy atom. The summed E-state index contributed by atoms with van der Waals surface area (Å²) in [5, 5.41) is 5.08. The molecule has 5 rings (SSSR count). The molecule has 43 heavy (non-hydrogen) atoms. The normalized spacial score (nSPS) is 14.6. The van der Waals surface area contributed by atoms with Crippen LogP contribution in [0, 0.1) is 0 Å². The van der Waals surface area contributed by atoms with Crippen LogP contribution in [0.5, 0.6) is 5.75 Å². The molecule has 0 radical (unpaired) electrons. The first-order valence-electron chi connectivity index (χ1n) is 15.5. The molecule has 0 spiro atoms.